The van der Waals surface area contributed by atoms with Crippen LogP contribution in [0.5, 0.6) is 5.75 Å². The maximum Gasteiger partial charge on any atom is 0.261 e. The van der Waals surface area contributed by atoms with E-state index < -0.39 is 6.10 Å². The molecule has 126 valence electrons. The highest BCUT2D eigenvalue weighted by atomic mass is 19.1. The number of hydrogen-bond acceptors (Lipinski definition) is 2. The molecule has 2 aromatic carbocycles. The molecule has 1 N–H and O–H groups in total. The van der Waals surface area contributed by atoms with Crippen molar-refractivity contribution in [3.8, 4) is 5.75 Å². The molecule has 1 aliphatic carbocycles. The number of nitrogens with one attached hydrogen (secondary N) is 1. The first-order valence-electron chi connectivity index (χ1n) is 8.47. The van der Waals surface area contributed by atoms with E-state index in [1.807, 2.05) is 19.1 Å². The first-order valence-corrected chi connectivity index (χ1v) is 8.47. The SMILES string of the molecule is CC[C@@H](Oc1ccc(F)cc1)C(=O)N[C@H]1CCCc2ccccc21. The monoisotopic (exact) mass is 327 g/mol. The Hall–Kier alpha value is -2.36. The molecule has 0 saturated heterocycles. The number of carbonyl (C=O) groups excluding carboxylic acids is 1. The quantitative estimate of drug-likeness (QED) is 0.895. The van der Waals surface area contributed by atoms with Crippen LogP contribution in [0, 0.1) is 5.82 Å². The lowest BCUT2D eigenvalue weighted by Crippen LogP contribution is -2.40. The Kier molecular flexibility index (Phi) is 5.14. The van der Waals surface area contributed by atoms with E-state index in [0.29, 0.717) is 12.2 Å². The van der Waals surface area contributed by atoms with Crippen molar-refractivity contribution in [1.29, 1.82) is 0 Å². The predicted molar refractivity (Wildman–Crippen MR) is 91.4 cm³/mol. The number of benzene rings is 2. The van der Waals surface area contributed by atoms with Gasteiger partial charge in [-0.25, -0.2) is 4.39 Å². The summed E-state index contributed by atoms with van der Waals surface area (Å²) in [5.41, 5.74) is 2.51. The maximum absolute atomic E-state index is 13.0. The van der Waals surface area contributed by atoms with Gasteiger partial charge in [-0.15, -0.1) is 0 Å². The molecule has 0 unspecified atom stereocenters. The van der Waals surface area contributed by atoms with E-state index in [4.69, 9.17) is 4.74 Å². The van der Waals surface area contributed by atoms with Gasteiger partial charge < -0.3 is 10.1 Å². The van der Waals surface area contributed by atoms with Crippen LogP contribution < -0.4 is 10.1 Å². The van der Waals surface area contributed by atoms with E-state index in [1.165, 1.54) is 23.3 Å². The first-order chi connectivity index (χ1) is 11.7. The second-order valence-electron chi connectivity index (χ2n) is 6.12. The van der Waals surface area contributed by atoms with Crippen molar-refractivity contribution >= 4 is 5.91 Å². The van der Waals surface area contributed by atoms with Crippen molar-refractivity contribution in [3.05, 3.63) is 65.5 Å². The predicted octanol–water partition coefficient (Wildman–Crippen LogP) is 4.18. The van der Waals surface area contributed by atoms with Gasteiger partial charge in [0, 0.05) is 0 Å². The normalized spacial score (nSPS) is 17.7. The van der Waals surface area contributed by atoms with Crippen LogP contribution in [0.15, 0.2) is 48.5 Å². The third kappa shape index (κ3) is 3.75. The zero-order chi connectivity index (χ0) is 16.9. The van der Waals surface area contributed by atoms with E-state index in [1.54, 1.807) is 12.1 Å². The minimum atomic E-state index is -0.579. The van der Waals surface area contributed by atoms with Crippen molar-refractivity contribution in [3.63, 3.8) is 0 Å². The van der Waals surface area contributed by atoms with Crippen LogP contribution in [0.4, 0.5) is 4.39 Å². The molecular formula is C20H22FNO2. The van der Waals surface area contributed by atoms with Crippen LogP contribution in [-0.2, 0) is 11.2 Å². The molecule has 2 aromatic rings. The number of halogens is 1. The van der Waals surface area contributed by atoms with Gasteiger partial charge in [-0.3, -0.25) is 4.79 Å². The van der Waals surface area contributed by atoms with Crippen molar-refractivity contribution in [1.82, 2.24) is 5.32 Å². The number of ether oxygens (including phenoxy) is 1. The topological polar surface area (TPSA) is 38.3 Å². The lowest BCUT2D eigenvalue weighted by molar-refractivity contribution is -0.129. The number of rotatable bonds is 5. The van der Waals surface area contributed by atoms with Gasteiger partial charge in [-0.2, -0.15) is 0 Å². The number of amides is 1. The lowest BCUT2D eigenvalue weighted by atomic mass is 9.87. The van der Waals surface area contributed by atoms with E-state index in [0.717, 1.165) is 19.3 Å². The number of hydrogen-bond donors (Lipinski definition) is 1. The summed E-state index contributed by atoms with van der Waals surface area (Å²) in [4.78, 5) is 12.6. The molecule has 1 amide bonds. The van der Waals surface area contributed by atoms with Crippen LogP contribution in [0.2, 0.25) is 0 Å². The molecule has 0 saturated carbocycles. The summed E-state index contributed by atoms with van der Waals surface area (Å²) in [7, 11) is 0. The first kappa shape index (κ1) is 16.5. The zero-order valence-corrected chi connectivity index (χ0v) is 13.8. The molecular weight excluding hydrogens is 305 g/mol. The zero-order valence-electron chi connectivity index (χ0n) is 13.8. The van der Waals surface area contributed by atoms with E-state index in [9.17, 15) is 9.18 Å². The minimum absolute atomic E-state index is 0.0355. The Morgan fingerprint density at radius 2 is 2.00 bits per heavy atom. The van der Waals surface area contributed by atoms with Crippen molar-refractivity contribution < 1.29 is 13.9 Å². The molecule has 3 rings (SSSR count). The van der Waals surface area contributed by atoms with Gasteiger partial charge in [0.05, 0.1) is 6.04 Å². The van der Waals surface area contributed by atoms with Gasteiger partial charge in [-0.05, 0) is 61.1 Å². The highest BCUT2D eigenvalue weighted by molar-refractivity contribution is 5.81. The van der Waals surface area contributed by atoms with Gasteiger partial charge in [0.25, 0.3) is 5.91 Å². The molecule has 1 aliphatic rings. The molecule has 0 aliphatic heterocycles. The Morgan fingerprint density at radius 3 is 2.75 bits per heavy atom. The number of fused-ring (bicyclic) bond motifs is 1. The van der Waals surface area contributed by atoms with Crippen LogP contribution >= 0.6 is 0 Å². The van der Waals surface area contributed by atoms with E-state index in [2.05, 4.69) is 17.4 Å². The Balaban J connectivity index is 1.68. The summed E-state index contributed by atoms with van der Waals surface area (Å²) in [6, 6.07) is 14.0. The number of aryl methyl sites for hydroxylation is 1. The smallest absolute Gasteiger partial charge is 0.261 e. The van der Waals surface area contributed by atoms with Gasteiger partial charge in [-0.1, -0.05) is 31.2 Å². The van der Waals surface area contributed by atoms with Gasteiger partial charge in [0.15, 0.2) is 6.10 Å². The van der Waals surface area contributed by atoms with Crippen LogP contribution in [-0.4, -0.2) is 12.0 Å². The molecule has 24 heavy (non-hydrogen) atoms. The van der Waals surface area contributed by atoms with Gasteiger partial charge in [0.1, 0.15) is 11.6 Å². The second kappa shape index (κ2) is 7.47. The molecule has 0 aromatic heterocycles. The third-order valence-electron chi connectivity index (χ3n) is 4.44. The second-order valence-corrected chi connectivity index (χ2v) is 6.12. The molecule has 2 atom stereocenters. The van der Waals surface area contributed by atoms with Gasteiger partial charge in [0.2, 0.25) is 0 Å². The Labute approximate surface area is 141 Å². The largest absolute Gasteiger partial charge is 0.481 e. The number of carbonyl (C=O) groups is 1. The van der Waals surface area contributed by atoms with E-state index >= 15 is 0 Å². The Morgan fingerprint density at radius 1 is 1.25 bits per heavy atom. The average molecular weight is 327 g/mol. The summed E-state index contributed by atoms with van der Waals surface area (Å²) in [5, 5.41) is 3.12. The highest BCUT2D eigenvalue weighted by Crippen LogP contribution is 2.29. The lowest BCUT2D eigenvalue weighted by Gasteiger charge is -2.28. The maximum atomic E-state index is 13.0. The molecule has 3 nitrogen and oxygen atoms in total. The fourth-order valence-corrected chi connectivity index (χ4v) is 3.17. The van der Waals surface area contributed by atoms with Crippen LogP contribution in [0.25, 0.3) is 0 Å². The molecule has 0 spiro atoms. The third-order valence-corrected chi connectivity index (χ3v) is 4.44. The Bertz CT molecular complexity index is 699. The van der Waals surface area contributed by atoms with E-state index in [-0.39, 0.29) is 17.8 Å². The summed E-state index contributed by atoms with van der Waals surface area (Å²) in [6.07, 6.45) is 3.04. The summed E-state index contributed by atoms with van der Waals surface area (Å²) in [6.45, 7) is 1.91. The molecule has 0 bridgehead atoms. The fraction of sp³-hybridized carbons (Fsp3) is 0.350. The molecule has 0 heterocycles. The van der Waals surface area contributed by atoms with Crippen molar-refractivity contribution in [2.24, 2.45) is 0 Å². The average Bonchev–Trinajstić information content (AvgIpc) is 2.61. The van der Waals surface area contributed by atoms with Crippen LogP contribution in [0.1, 0.15) is 43.4 Å². The van der Waals surface area contributed by atoms with Gasteiger partial charge >= 0.3 is 0 Å². The minimum Gasteiger partial charge on any atom is -0.481 e. The summed E-state index contributed by atoms with van der Waals surface area (Å²) < 4.78 is 18.7. The molecule has 0 fully saturated rings. The van der Waals surface area contributed by atoms with Crippen molar-refractivity contribution in [2.75, 3.05) is 0 Å². The highest BCUT2D eigenvalue weighted by Gasteiger charge is 2.25. The molecule has 4 heteroatoms. The molecule has 0 radical (unpaired) electrons. The van der Waals surface area contributed by atoms with Crippen molar-refractivity contribution in [2.45, 2.75) is 44.8 Å². The fourth-order valence-electron chi connectivity index (χ4n) is 3.17. The van der Waals surface area contributed by atoms with Crippen LogP contribution in [0.3, 0.4) is 0 Å². The summed E-state index contributed by atoms with van der Waals surface area (Å²) in [5.74, 6) is 0.0598. The summed E-state index contributed by atoms with van der Waals surface area (Å²) >= 11 is 0. The standard InChI is InChI=1S/C20H22FNO2/c1-2-19(24-16-12-10-15(21)11-13-16)20(23)22-18-9-5-7-14-6-3-4-8-17(14)18/h3-4,6,8,10-13,18-19H,2,5,7,9H2,1H3,(H,22,23)/t18-,19+/m0/s1.